The Balaban J connectivity index is 2.28. The third-order valence-electron chi connectivity index (χ3n) is 4.14. The van der Waals surface area contributed by atoms with Gasteiger partial charge in [-0.05, 0) is 49.7 Å². The summed E-state index contributed by atoms with van der Waals surface area (Å²) < 4.78 is 43.9. The number of nitrogens with zero attached hydrogens (tertiary/aromatic N) is 3. The van der Waals surface area contributed by atoms with Gasteiger partial charge in [-0.15, -0.1) is 4.91 Å². The van der Waals surface area contributed by atoms with Gasteiger partial charge in [0.05, 0.1) is 16.3 Å². The van der Waals surface area contributed by atoms with Crippen molar-refractivity contribution in [2.45, 2.75) is 38.5 Å². The van der Waals surface area contributed by atoms with E-state index in [1.807, 2.05) is 0 Å². The van der Waals surface area contributed by atoms with Crippen molar-refractivity contribution < 1.29 is 32.5 Å². The van der Waals surface area contributed by atoms with E-state index < -0.39 is 41.1 Å². The molecule has 0 radical (unpaired) electrons. The van der Waals surface area contributed by atoms with Crippen LogP contribution in [0.1, 0.15) is 37.4 Å². The molecule has 9 nitrogen and oxygen atoms in total. The number of carbonyl (C=O) groups excluding carboxylic acids is 1. The van der Waals surface area contributed by atoms with Crippen molar-refractivity contribution in [1.29, 1.82) is 0 Å². The zero-order chi connectivity index (χ0) is 24.8. The molecule has 0 heterocycles. The summed E-state index contributed by atoms with van der Waals surface area (Å²) in [6, 6.07) is 4.49. The molecule has 0 amide bonds. The molecule has 0 saturated heterocycles. The van der Waals surface area contributed by atoms with Crippen molar-refractivity contribution in [3.63, 3.8) is 0 Å². The summed E-state index contributed by atoms with van der Waals surface area (Å²) in [7, 11) is 0. The Hall–Kier alpha value is -3.54. The van der Waals surface area contributed by atoms with E-state index >= 15 is 0 Å². The predicted molar refractivity (Wildman–Crippen MR) is 112 cm³/mol. The highest BCUT2D eigenvalue weighted by Crippen LogP contribution is 2.37. The molecule has 0 saturated carbocycles. The van der Waals surface area contributed by atoms with E-state index in [1.54, 1.807) is 13.8 Å². The van der Waals surface area contributed by atoms with Crippen LogP contribution in [0.25, 0.3) is 0 Å². The maximum atomic E-state index is 12.8. The number of ether oxygens (including phenoxy) is 1. The van der Waals surface area contributed by atoms with Crippen LogP contribution in [0.15, 0.2) is 52.8 Å². The third-order valence-corrected chi connectivity index (χ3v) is 4.44. The lowest BCUT2D eigenvalue weighted by molar-refractivity contribution is -0.525. The summed E-state index contributed by atoms with van der Waals surface area (Å²) in [6.07, 6.45) is -5.37. The number of nitroso groups, excluding NO2 is 1. The second-order valence-corrected chi connectivity index (χ2v) is 7.33. The van der Waals surface area contributed by atoms with Crippen molar-refractivity contribution in [3.05, 3.63) is 73.6 Å². The Kier molecular flexibility index (Phi) is 8.46. The second kappa shape index (κ2) is 10.9. The minimum atomic E-state index is -4.59. The highest BCUT2D eigenvalue weighted by molar-refractivity contribution is 6.32. The maximum absolute atomic E-state index is 12.8. The van der Waals surface area contributed by atoms with Crippen LogP contribution >= 0.6 is 11.6 Å². The quantitative estimate of drug-likeness (QED) is 0.142. The lowest BCUT2D eigenvalue weighted by Gasteiger charge is -2.16. The molecule has 0 N–H and O–H groups in total. The molecule has 0 aliphatic heterocycles. The molecule has 0 spiro atoms. The number of carbonyl (C=O) groups is 1. The van der Waals surface area contributed by atoms with Gasteiger partial charge in [0, 0.05) is 4.92 Å². The van der Waals surface area contributed by atoms with Crippen LogP contribution in [0.5, 0.6) is 11.5 Å². The molecule has 0 aromatic heterocycles. The van der Waals surface area contributed by atoms with Crippen molar-refractivity contribution in [2.24, 2.45) is 10.3 Å². The third kappa shape index (κ3) is 7.24. The fourth-order valence-corrected chi connectivity index (χ4v) is 2.87. The highest BCUT2D eigenvalue weighted by atomic mass is 35.5. The smallest absolute Gasteiger partial charge is 0.416 e. The summed E-state index contributed by atoms with van der Waals surface area (Å²) in [5.74, 6) is -1.12. The van der Waals surface area contributed by atoms with E-state index in [2.05, 4.69) is 15.2 Å². The van der Waals surface area contributed by atoms with Gasteiger partial charge in [0.2, 0.25) is 0 Å². The summed E-state index contributed by atoms with van der Waals surface area (Å²) in [5, 5.41) is 17.4. The van der Waals surface area contributed by atoms with E-state index in [0.717, 1.165) is 12.1 Å². The van der Waals surface area contributed by atoms with Crippen LogP contribution < -0.4 is 4.74 Å². The van der Waals surface area contributed by atoms with Crippen LogP contribution in [0.2, 0.25) is 5.02 Å². The van der Waals surface area contributed by atoms with Crippen LogP contribution in [0.4, 0.5) is 13.2 Å². The Bertz CT molecular complexity index is 1070. The summed E-state index contributed by atoms with van der Waals surface area (Å²) in [5.41, 5.74) is -0.532. The molecular weight excluding hydrogens is 471 g/mol. The number of rotatable bonds is 9. The molecule has 0 aliphatic carbocycles. The fraction of sp³-hybridized carbons (Fsp3) is 0.300. The van der Waals surface area contributed by atoms with Crippen molar-refractivity contribution in [3.8, 4) is 11.5 Å². The SMILES string of the molecule is CC(C)=NOC(=O)CC(C(N=O)c1cccc(Oc2ccc(C(F)(F)F)cc2Cl)c1)[N+](=O)[O-]. The van der Waals surface area contributed by atoms with Crippen LogP contribution in [0.3, 0.4) is 0 Å². The topological polar surface area (TPSA) is 120 Å². The van der Waals surface area contributed by atoms with Gasteiger partial charge in [0.1, 0.15) is 17.9 Å². The summed E-state index contributed by atoms with van der Waals surface area (Å²) >= 11 is 5.87. The van der Waals surface area contributed by atoms with Crippen molar-refractivity contribution >= 4 is 23.3 Å². The largest absolute Gasteiger partial charge is 0.456 e. The first-order chi connectivity index (χ1) is 15.4. The lowest BCUT2D eigenvalue weighted by Crippen LogP contribution is -2.29. The Morgan fingerprint density at radius 1 is 1.21 bits per heavy atom. The van der Waals surface area contributed by atoms with E-state index in [-0.39, 0.29) is 22.1 Å². The van der Waals surface area contributed by atoms with Crippen LogP contribution in [-0.2, 0) is 15.8 Å². The lowest BCUT2D eigenvalue weighted by atomic mass is 9.98. The van der Waals surface area contributed by atoms with Gasteiger partial charge in [-0.25, -0.2) is 4.79 Å². The molecule has 176 valence electrons. The predicted octanol–water partition coefficient (Wildman–Crippen LogP) is 5.93. The minimum absolute atomic E-state index is 0.0266. The maximum Gasteiger partial charge on any atom is 0.416 e. The highest BCUT2D eigenvalue weighted by Gasteiger charge is 2.37. The number of hydrogen-bond donors (Lipinski definition) is 0. The van der Waals surface area contributed by atoms with Gasteiger partial charge in [-0.3, -0.25) is 10.1 Å². The zero-order valence-corrected chi connectivity index (χ0v) is 18.0. The number of hydrogen-bond acceptors (Lipinski definition) is 8. The van der Waals surface area contributed by atoms with E-state index in [0.29, 0.717) is 11.8 Å². The Morgan fingerprint density at radius 2 is 1.91 bits per heavy atom. The second-order valence-electron chi connectivity index (χ2n) is 6.93. The van der Waals surface area contributed by atoms with Crippen molar-refractivity contribution in [2.75, 3.05) is 0 Å². The van der Waals surface area contributed by atoms with Gasteiger partial charge in [0.25, 0.3) is 6.04 Å². The van der Waals surface area contributed by atoms with E-state index in [1.165, 1.54) is 24.3 Å². The van der Waals surface area contributed by atoms with Gasteiger partial charge >= 0.3 is 12.1 Å². The zero-order valence-electron chi connectivity index (χ0n) is 17.2. The number of nitro groups is 1. The summed E-state index contributed by atoms with van der Waals surface area (Å²) in [6.45, 7) is 3.09. The van der Waals surface area contributed by atoms with Gasteiger partial charge in [-0.1, -0.05) is 34.1 Å². The fourth-order valence-electron chi connectivity index (χ4n) is 2.65. The molecule has 0 bridgehead atoms. The van der Waals surface area contributed by atoms with Gasteiger partial charge < -0.3 is 9.57 Å². The number of oxime groups is 1. The average molecular weight is 488 g/mol. The Labute approximate surface area is 190 Å². The van der Waals surface area contributed by atoms with Gasteiger partial charge in [-0.2, -0.15) is 13.2 Å². The first kappa shape index (κ1) is 25.7. The van der Waals surface area contributed by atoms with Crippen LogP contribution in [0, 0.1) is 15.0 Å². The molecule has 0 fully saturated rings. The molecule has 2 aromatic carbocycles. The molecule has 0 aliphatic rings. The normalized spacial score (nSPS) is 12.9. The van der Waals surface area contributed by atoms with E-state index in [4.69, 9.17) is 16.3 Å². The molecule has 2 aromatic rings. The van der Waals surface area contributed by atoms with E-state index in [9.17, 15) is 33.0 Å². The summed E-state index contributed by atoms with van der Waals surface area (Å²) in [4.78, 5) is 38.5. The first-order valence-corrected chi connectivity index (χ1v) is 9.61. The minimum Gasteiger partial charge on any atom is -0.456 e. The van der Waals surface area contributed by atoms with Crippen LogP contribution in [-0.4, -0.2) is 22.6 Å². The van der Waals surface area contributed by atoms with Crippen molar-refractivity contribution in [1.82, 2.24) is 0 Å². The number of halogens is 4. The first-order valence-electron chi connectivity index (χ1n) is 9.24. The molecule has 2 unspecified atom stereocenters. The monoisotopic (exact) mass is 487 g/mol. The number of alkyl halides is 3. The number of benzene rings is 2. The standard InChI is InChI=1S/C20H17ClF3N3O6/c1-11(2)26-33-18(28)10-16(27(30)31)19(25-29)12-4-3-5-14(8-12)32-17-7-6-13(9-15(17)21)20(22,23)24/h3-9,16,19H,10H2,1-2H3. The average Bonchev–Trinajstić information content (AvgIpc) is 2.73. The molecule has 33 heavy (non-hydrogen) atoms. The molecular formula is C20H17ClF3N3O6. The molecule has 13 heteroatoms. The molecule has 2 atom stereocenters. The van der Waals surface area contributed by atoms with Gasteiger partial charge in [0.15, 0.2) is 6.04 Å². The molecule has 2 rings (SSSR count). The Morgan fingerprint density at radius 3 is 2.45 bits per heavy atom.